The van der Waals surface area contributed by atoms with Crippen molar-refractivity contribution in [2.75, 3.05) is 6.61 Å². The molecule has 0 atom stereocenters. The number of rotatable bonds is 3. The van der Waals surface area contributed by atoms with Crippen LogP contribution in [0.5, 0.6) is 0 Å². The maximum Gasteiger partial charge on any atom is 0.176 e. The predicted molar refractivity (Wildman–Crippen MR) is 93.7 cm³/mol. The highest BCUT2D eigenvalue weighted by atomic mass is 35.5. The maximum atomic E-state index is 5.46. The van der Waals surface area contributed by atoms with Crippen molar-refractivity contribution in [1.82, 2.24) is 24.3 Å². The molecule has 0 unspecified atom stereocenters. The fraction of sp³-hybridized carbons (Fsp3) is 0.353. The van der Waals surface area contributed by atoms with Gasteiger partial charge in [-0.05, 0) is 32.9 Å². The van der Waals surface area contributed by atoms with Crippen LogP contribution in [0.4, 0.5) is 0 Å². The molecule has 0 bridgehead atoms. The van der Waals surface area contributed by atoms with Crippen molar-refractivity contribution in [3.8, 4) is 17.1 Å². The van der Waals surface area contributed by atoms with Gasteiger partial charge in [-0.25, -0.2) is 14.6 Å². The first kappa shape index (κ1) is 16.7. The Kier molecular flexibility index (Phi) is 4.43. The summed E-state index contributed by atoms with van der Waals surface area (Å²) in [5, 5.41) is 4.64. The van der Waals surface area contributed by atoms with E-state index in [1.165, 1.54) is 5.56 Å². The molecule has 0 saturated heterocycles. The molecule has 0 amide bonds. The summed E-state index contributed by atoms with van der Waals surface area (Å²) in [6.07, 6.45) is 1.88. The SMILES string of the molecule is CCOCc1nc2n(n1)Cc1c(C)ncn1-c1ccc(C)cc1-2.Cl. The van der Waals surface area contributed by atoms with Gasteiger partial charge < -0.3 is 9.30 Å². The number of benzene rings is 1. The molecule has 126 valence electrons. The lowest BCUT2D eigenvalue weighted by molar-refractivity contribution is 0.128. The lowest BCUT2D eigenvalue weighted by Crippen LogP contribution is -2.06. The molecule has 3 aromatic rings. The van der Waals surface area contributed by atoms with Crippen LogP contribution in [0.25, 0.3) is 17.1 Å². The molecule has 0 aliphatic carbocycles. The second kappa shape index (κ2) is 6.37. The number of aryl methyl sites for hydroxylation is 2. The van der Waals surface area contributed by atoms with Gasteiger partial charge in [0.25, 0.3) is 0 Å². The van der Waals surface area contributed by atoms with E-state index in [0.29, 0.717) is 19.8 Å². The van der Waals surface area contributed by atoms with Gasteiger partial charge in [-0.3, -0.25) is 0 Å². The third-order valence-electron chi connectivity index (χ3n) is 4.18. The highest BCUT2D eigenvalue weighted by Gasteiger charge is 2.23. The van der Waals surface area contributed by atoms with Gasteiger partial charge in [0, 0.05) is 12.2 Å². The molecule has 0 radical (unpaired) electrons. The van der Waals surface area contributed by atoms with Crippen LogP contribution in [0.15, 0.2) is 24.5 Å². The third-order valence-corrected chi connectivity index (χ3v) is 4.18. The minimum Gasteiger partial charge on any atom is -0.374 e. The van der Waals surface area contributed by atoms with E-state index < -0.39 is 0 Å². The van der Waals surface area contributed by atoms with Crippen molar-refractivity contribution in [2.24, 2.45) is 0 Å². The average Bonchev–Trinajstić information content (AvgIpc) is 3.07. The van der Waals surface area contributed by atoms with Crippen LogP contribution in [0.3, 0.4) is 0 Å². The smallest absolute Gasteiger partial charge is 0.176 e. The van der Waals surface area contributed by atoms with Crippen LogP contribution in [-0.2, 0) is 17.9 Å². The summed E-state index contributed by atoms with van der Waals surface area (Å²) in [6, 6.07) is 6.40. The Morgan fingerprint density at radius 1 is 1.25 bits per heavy atom. The second-order valence-corrected chi connectivity index (χ2v) is 5.81. The van der Waals surface area contributed by atoms with Crippen LogP contribution >= 0.6 is 12.4 Å². The molecule has 24 heavy (non-hydrogen) atoms. The van der Waals surface area contributed by atoms with E-state index in [4.69, 9.17) is 9.72 Å². The second-order valence-electron chi connectivity index (χ2n) is 5.81. The van der Waals surface area contributed by atoms with Crippen molar-refractivity contribution in [3.05, 3.63) is 47.3 Å². The van der Waals surface area contributed by atoms with E-state index in [9.17, 15) is 0 Å². The lowest BCUT2D eigenvalue weighted by atomic mass is 10.1. The Hall–Kier alpha value is -2.18. The number of imidazole rings is 1. The van der Waals surface area contributed by atoms with E-state index in [1.54, 1.807) is 0 Å². The minimum atomic E-state index is 0. The zero-order valence-electron chi connectivity index (χ0n) is 14.0. The quantitative estimate of drug-likeness (QED) is 0.572. The van der Waals surface area contributed by atoms with Crippen molar-refractivity contribution in [3.63, 3.8) is 0 Å². The van der Waals surface area contributed by atoms with Crippen molar-refractivity contribution in [2.45, 2.75) is 33.9 Å². The largest absolute Gasteiger partial charge is 0.374 e. The Morgan fingerprint density at radius 3 is 2.88 bits per heavy atom. The minimum absolute atomic E-state index is 0. The van der Waals surface area contributed by atoms with E-state index in [2.05, 4.69) is 39.8 Å². The van der Waals surface area contributed by atoms with Crippen LogP contribution in [0.1, 0.15) is 29.7 Å². The van der Waals surface area contributed by atoms with Gasteiger partial charge in [0.2, 0.25) is 0 Å². The van der Waals surface area contributed by atoms with Crippen LogP contribution < -0.4 is 0 Å². The van der Waals surface area contributed by atoms with Gasteiger partial charge in [0.1, 0.15) is 6.61 Å². The molecule has 7 heteroatoms. The van der Waals surface area contributed by atoms with Gasteiger partial charge in [0.15, 0.2) is 11.6 Å². The van der Waals surface area contributed by atoms with Gasteiger partial charge in [0.05, 0.1) is 29.9 Å². The molecule has 1 aromatic carbocycles. The first-order chi connectivity index (χ1) is 11.2. The van der Waals surface area contributed by atoms with Crippen LogP contribution in [0.2, 0.25) is 0 Å². The Balaban J connectivity index is 0.00000169. The maximum absolute atomic E-state index is 5.46. The molecule has 1 aliphatic rings. The molecular formula is C17H20ClN5O. The van der Waals surface area contributed by atoms with Gasteiger partial charge in [-0.15, -0.1) is 12.4 Å². The first-order valence-corrected chi connectivity index (χ1v) is 7.83. The van der Waals surface area contributed by atoms with E-state index in [0.717, 1.165) is 34.3 Å². The zero-order chi connectivity index (χ0) is 16.0. The summed E-state index contributed by atoms with van der Waals surface area (Å²) >= 11 is 0. The molecule has 2 aromatic heterocycles. The molecule has 6 nitrogen and oxygen atoms in total. The number of halogens is 1. The van der Waals surface area contributed by atoms with Gasteiger partial charge in [-0.2, -0.15) is 5.10 Å². The highest BCUT2D eigenvalue weighted by molar-refractivity contribution is 5.85. The van der Waals surface area contributed by atoms with E-state index >= 15 is 0 Å². The van der Waals surface area contributed by atoms with E-state index in [1.807, 2.05) is 24.9 Å². The molecule has 0 saturated carbocycles. The van der Waals surface area contributed by atoms with E-state index in [-0.39, 0.29) is 12.4 Å². The summed E-state index contributed by atoms with van der Waals surface area (Å²) in [5.41, 5.74) is 5.54. The fourth-order valence-electron chi connectivity index (χ4n) is 2.99. The molecule has 3 heterocycles. The predicted octanol–water partition coefficient (Wildman–Crippen LogP) is 3.07. The molecule has 4 rings (SSSR count). The summed E-state index contributed by atoms with van der Waals surface area (Å²) in [6.45, 7) is 7.85. The van der Waals surface area contributed by atoms with Crippen LogP contribution in [0, 0.1) is 13.8 Å². The zero-order valence-corrected chi connectivity index (χ0v) is 14.8. The lowest BCUT2D eigenvalue weighted by Gasteiger charge is -2.09. The summed E-state index contributed by atoms with van der Waals surface area (Å²) in [7, 11) is 0. The molecule has 0 N–H and O–H groups in total. The summed E-state index contributed by atoms with van der Waals surface area (Å²) in [4.78, 5) is 9.18. The molecule has 0 spiro atoms. The van der Waals surface area contributed by atoms with Crippen LogP contribution in [-0.4, -0.2) is 30.9 Å². The van der Waals surface area contributed by atoms with Crippen molar-refractivity contribution in [1.29, 1.82) is 0 Å². The summed E-state index contributed by atoms with van der Waals surface area (Å²) in [5.74, 6) is 1.61. The Labute approximate surface area is 146 Å². The number of hydrogen-bond acceptors (Lipinski definition) is 4. The Bertz CT molecular complexity index is 883. The number of ether oxygens (including phenoxy) is 1. The number of nitrogens with zero attached hydrogens (tertiary/aromatic N) is 5. The molecule has 1 aliphatic heterocycles. The van der Waals surface area contributed by atoms with Gasteiger partial charge >= 0.3 is 0 Å². The summed E-state index contributed by atoms with van der Waals surface area (Å²) < 4.78 is 9.56. The highest BCUT2D eigenvalue weighted by Crippen LogP contribution is 2.32. The number of fused-ring (bicyclic) bond motifs is 5. The Morgan fingerprint density at radius 2 is 2.08 bits per heavy atom. The van der Waals surface area contributed by atoms with Crippen molar-refractivity contribution >= 4 is 12.4 Å². The monoisotopic (exact) mass is 345 g/mol. The molecular weight excluding hydrogens is 326 g/mol. The average molecular weight is 346 g/mol. The number of hydrogen-bond donors (Lipinski definition) is 0. The fourth-order valence-corrected chi connectivity index (χ4v) is 2.99. The topological polar surface area (TPSA) is 57.8 Å². The third kappa shape index (κ3) is 2.61. The molecule has 0 fully saturated rings. The first-order valence-electron chi connectivity index (χ1n) is 7.83. The van der Waals surface area contributed by atoms with Crippen molar-refractivity contribution < 1.29 is 4.74 Å². The standard InChI is InChI=1S/C17H19N5O.ClH/c1-4-23-9-16-19-17-13-7-11(2)5-6-14(13)21-10-18-12(3)15(21)8-22(17)20-16;/h5-7,10H,4,8-9H2,1-3H3;1H. The number of aromatic nitrogens is 5. The van der Waals surface area contributed by atoms with Gasteiger partial charge in [-0.1, -0.05) is 11.6 Å². The normalized spacial score (nSPS) is 12.0.